The molecule has 4 heterocycles. The second-order valence-electron chi connectivity index (χ2n) is 8.32. The molecule has 8 heteroatoms. The predicted octanol–water partition coefficient (Wildman–Crippen LogP) is -5.08. The van der Waals surface area contributed by atoms with E-state index < -0.39 is 31.0 Å². The maximum Gasteiger partial charge on any atom is 0.242 e. The molecular weight excluding hydrogens is 328 g/mol. The van der Waals surface area contributed by atoms with Gasteiger partial charge in [-0.25, -0.2) is 0 Å². The van der Waals surface area contributed by atoms with E-state index in [1.54, 1.807) is 0 Å². The Balaban J connectivity index is 1.84. The number of Topliss-reactive ketones (excluding diaryl/α,β-unsaturated/α-hetero) is 1. The topological polar surface area (TPSA) is 127 Å². The van der Waals surface area contributed by atoms with E-state index in [2.05, 4.69) is 0 Å². The molecule has 0 spiro atoms. The molecule has 4 bridgehead atoms. The molecule has 8 nitrogen and oxygen atoms in total. The van der Waals surface area contributed by atoms with Crippen molar-refractivity contribution in [2.24, 2.45) is 10.8 Å². The number of aliphatic hydroxyl groups is 5. The van der Waals surface area contributed by atoms with Crippen LogP contribution in [-0.2, 0) is 4.79 Å². The van der Waals surface area contributed by atoms with Gasteiger partial charge in [-0.1, -0.05) is 13.8 Å². The highest BCUT2D eigenvalue weighted by Gasteiger charge is 2.71. The van der Waals surface area contributed by atoms with Crippen LogP contribution in [0.1, 0.15) is 26.7 Å². The number of quaternary nitrogens is 2. The Hall–Kier alpha value is -0.610. The Labute approximate surface area is 147 Å². The van der Waals surface area contributed by atoms with E-state index >= 15 is 0 Å². The summed E-state index contributed by atoms with van der Waals surface area (Å²) >= 11 is 0. The number of hydrogen-bond acceptors (Lipinski definition) is 6. The summed E-state index contributed by atoms with van der Waals surface area (Å²) in [5.41, 5.74) is -0.719. The Kier molecular flexibility index (Phi) is 5.00. The summed E-state index contributed by atoms with van der Waals surface area (Å²) in [6.07, 6.45) is -4.68. The zero-order valence-electron chi connectivity index (χ0n) is 15.0. The van der Waals surface area contributed by atoms with Crippen molar-refractivity contribution in [3.8, 4) is 0 Å². The fourth-order valence-corrected chi connectivity index (χ4v) is 5.64. The largest absolute Gasteiger partial charge is 0.394 e. The number of carbonyl (C=O) groups is 1. The third-order valence-electron chi connectivity index (χ3n) is 7.08. The molecule has 4 aliphatic rings. The molecule has 0 amide bonds. The molecule has 25 heavy (non-hydrogen) atoms. The molecule has 0 aromatic rings. The smallest absolute Gasteiger partial charge is 0.242 e. The van der Waals surface area contributed by atoms with Crippen LogP contribution >= 0.6 is 0 Å². The van der Waals surface area contributed by atoms with Crippen LogP contribution < -0.4 is 9.80 Å². The van der Waals surface area contributed by atoms with Crippen LogP contribution in [-0.4, -0.2) is 94.7 Å². The second-order valence-corrected chi connectivity index (χ2v) is 8.32. The van der Waals surface area contributed by atoms with Crippen molar-refractivity contribution >= 4 is 5.78 Å². The molecular formula is C17H32N2O6+2. The van der Waals surface area contributed by atoms with Gasteiger partial charge in [-0.05, 0) is 12.8 Å². The highest BCUT2D eigenvalue weighted by Crippen LogP contribution is 2.39. The van der Waals surface area contributed by atoms with Gasteiger partial charge in [0.05, 0.1) is 6.61 Å². The van der Waals surface area contributed by atoms with Crippen molar-refractivity contribution in [1.29, 1.82) is 0 Å². The zero-order chi connectivity index (χ0) is 18.6. The molecule has 4 rings (SSSR count). The van der Waals surface area contributed by atoms with E-state index in [1.165, 1.54) is 0 Å². The van der Waals surface area contributed by atoms with Gasteiger partial charge in [0.15, 0.2) is 11.9 Å². The summed E-state index contributed by atoms with van der Waals surface area (Å²) in [6.45, 7) is 5.95. The standard InChI is InChI=1S/C17H30N2O6/c1-3-16-6-18-8-17(4-2,15(16)25)9-19(7-16)14(18)13(24)12(23)11(22)10(21)5-20/h10-14,20-24H,3-9H2,1-2H3/p+2/t10-,11-,12-,13+,14?,16?,17?/m1/s1. The van der Waals surface area contributed by atoms with Crippen LogP contribution in [0.3, 0.4) is 0 Å². The van der Waals surface area contributed by atoms with Gasteiger partial charge < -0.3 is 25.5 Å². The lowest BCUT2D eigenvalue weighted by Crippen LogP contribution is -3.46. The van der Waals surface area contributed by atoms with E-state index in [4.69, 9.17) is 5.11 Å². The Morgan fingerprint density at radius 1 is 0.960 bits per heavy atom. The molecule has 0 aliphatic carbocycles. The summed E-state index contributed by atoms with van der Waals surface area (Å²) in [4.78, 5) is 15.3. The first kappa shape index (κ1) is 19.2. The zero-order valence-corrected chi connectivity index (χ0v) is 15.0. The van der Waals surface area contributed by atoms with Gasteiger partial charge in [0, 0.05) is 0 Å². The molecule has 0 aromatic carbocycles. The molecule has 4 saturated heterocycles. The minimum atomic E-state index is -1.61. The molecule has 4 aliphatic heterocycles. The first-order valence-corrected chi connectivity index (χ1v) is 9.32. The summed E-state index contributed by atoms with van der Waals surface area (Å²) in [6, 6.07) is 0. The van der Waals surface area contributed by atoms with E-state index in [-0.39, 0.29) is 17.0 Å². The average Bonchev–Trinajstić information content (AvgIpc) is 2.62. The van der Waals surface area contributed by atoms with E-state index in [0.717, 1.165) is 22.6 Å². The van der Waals surface area contributed by atoms with Gasteiger partial charge in [-0.2, -0.15) is 0 Å². The first-order chi connectivity index (χ1) is 11.7. The van der Waals surface area contributed by atoms with Crippen molar-refractivity contribution in [2.75, 3.05) is 32.8 Å². The fourth-order valence-electron chi connectivity index (χ4n) is 5.64. The highest BCUT2D eigenvalue weighted by molar-refractivity contribution is 5.92. The number of hydrogen-bond donors (Lipinski definition) is 7. The van der Waals surface area contributed by atoms with E-state index in [9.17, 15) is 25.2 Å². The van der Waals surface area contributed by atoms with Crippen LogP contribution in [0.25, 0.3) is 0 Å². The Morgan fingerprint density at radius 2 is 1.40 bits per heavy atom. The van der Waals surface area contributed by atoms with Crippen molar-refractivity contribution < 1.29 is 40.1 Å². The number of nitrogens with one attached hydrogen (secondary N) is 2. The van der Waals surface area contributed by atoms with Gasteiger partial charge in [0.2, 0.25) is 6.17 Å². The van der Waals surface area contributed by atoms with E-state index in [1.807, 2.05) is 13.8 Å². The Bertz CT molecular complexity index is 487. The molecule has 7 N–H and O–H groups in total. The number of ketones is 1. The first-order valence-electron chi connectivity index (χ1n) is 9.32. The molecule has 144 valence electrons. The fraction of sp³-hybridized carbons (Fsp3) is 0.941. The SMILES string of the molecule is CCC12C[NH+]3CC(CC)(C[NH+](C1)C3[C@@H](O)[C@H](O)[C@H](O)[C@H](O)CO)C2=O. The van der Waals surface area contributed by atoms with Gasteiger partial charge in [0.1, 0.15) is 55.3 Å². The van der Waals surface area contributed by atoms with Crippen molar-refractivity contribution in [1.82, 2.24) is 0 Å². The summed E-state index contributed by atoms with van der Waals surface area (Å²) in [7, 11) is 0. The lowest BCUT2D eigenvalue weighted by molar-refractivity contribution is -1.17. The number of rotatable bonds is 7. The van der Waals surface area contributed by atoms with Gasteiger partial charge >= 0.3 is 0 Å². The third kappa shape index (κ3) is 2.66. The molecule has 0 radical (unpaired) electrons. The number of piperidine rings is 2. The minimum Gasteiger partial charge on any atom is -0.394 e. The monoisotopic (exact) mass is 360 g/mol. The van der Waals surface area contributed by atoms with Crippen LogP contribution in [0.5, 0.6) is 0 Å². The lowest BCUT2D eigenvalue weighted by atomic mass is 9.58. The lowest BCUT2D eigenvalue weighted by Gasteiger charge is -2.61. The van der Waals surface area contributed by atoms with Crippen LogP contribution in [0.4, 0.5) is 0 Å². The van der Waals surface area contributed by atoms with Crippen LogP contribution in [0.15, 0.2) is 0 Å². The quantitative estimate of drug-likeness (QED) is 0.244. The molecule has 0 saturated carbocycles. The molecule has 0 unspecified atom stereocenters. The highest BCUT2D eigenvalue weighted by atomic mass is 16.4. The normalized spacial score (nSPS) is 44.6. The number of aliphatic hydroxyl groups excluding tert-OH is 5. The van der Waals surface area contributed by atoms with Gasteiger partial charge in [-0.3, -0.25) is 14.6 Å². The third-order valence-corrected chi connectivity index (χ3v) is 7.08. The molecule has 4 atom stereocenters. The minimum absolute atomic E-state index is 0.344. The van der Waals surface area contributed by atoms with Gasteiger partial charge in [-0.15, -0.1) is 0 Å². The van der Waals surface area contributed by atoms with Crippen LogP contribution in [0, 0.1) is 10.8 Å². The van der Waals surface area contributed by atoms with Gasteiger partial charge in [0.25, 0.3) is 0 Å². The molecule has 0 aromatic heterocycles. The Morgan fingerprint density at radius 3 is 1.76 bits per heavy atom. The maximum absolute atomic E-state index is 13.1. The average molecular weight is 360 g/mol. The summed E-state index contributed by atoms with van der Waals surface area (Å²) < 4.78 is 0. The summed E-state index contributed by atoms with van der Waals surface area (Å²) in [5.74, 6) is 0.363. The van der Waals surface area contributed by atoms with Crippen LogP contribution in [0.2, 0.25) is 0 Å². The predicted molar refractivity (Wildman–Crippen MR) is 86.7 cm³/mol. The number of carbonyl (C=O) groups excluding carboxylic acids is 1. The van der Waals surface area contributed by atoms with Crippen molar-refractivity contribution in [3.63, 3.8) is 0 Å². The van der Waals surface area contributed by atoms with E-state index in [0.29, 0.717) is 32.0 Å². The summed E-state index contributed by atoms with van der Waals surface area (Å²) in [5, 5.41) is 49.5. The molecule has 4 fully saturated rings. The second kappa shape index (κ2) is 6.53. The van der Waals surface area contributed by atoms with Crippen molar-refractivity contribution in [2.45, 2.75) is 57.3 Å². The van der Waals surface area contributed by atoms with Crippen molar-refractivity contribution in [3.05, 3.63) is 0 Å². The maximum atomic E-state index is 13.1.